The summed E-state index contributed by atoms with van der Waals surface area (Å²) < 4.78 is 40.8. The van der Waals surface area contributed by atoms with Gasteiger partial charge < -0.3 is 10.0 Å². The molecule has 2 aromatic heterocycles. The highest BCUT2D eigenvalue weighted by Gasteiger charge is 2.31. The summed E-state index contributed by atoms with van der Waals surface area (Å²) in [5, 5.41) is 9.07. The van der Waals surface area contributed by atoms with Gasteiger partial charge in [0, 0.05) is 32.6 Å². The van der Waals surface area contributed by atoms with E-state index in [1.165, 1.54) is 0 Å². The Labute approximate surface area is 197 Å². The lowest BCUT2D eigenvalue weighted by atomic mass is 9.93. The molecule has 0 atom stereocenters. The van der Waals surface area contributed by atoms with Crippen LogP contribution in [0.2, 0.25) is 0 Å². The van der Waals surface area contributed by atoms with Gasteiger partial charge >= 0.3 is 17.8 Å². The number of halogens is 3. The van der Waals surface area contributed by atoms with E-state index in [4.69, 9.17) is 5.11 Å². The average Bonchev–Trinajstić information content (AvgIpc) is 3.06. The number of carbonyl (C=O) groups is 2. The van der Waals surface area contributed by atoms with Gasteiger partial charge in [-0.05, 0) is 37.2 Å². The fourth-order valence-corrected chi connectivity index (χ4v) is 5.58. The Morgan fingerprint density at radius 2 is 1.76 bits per heavy atom. The molecule has 188 valence electrons. The molecule has 0 aromatic carbocycles. The fraction of sp³-hybridized carbons (Fsp3) is 0.636. The van der Waals surface area contributed by atoms with E-state index < -0.39 is 36.4 Å². The van der Waals surface area contributed by atoms with Crippen molar-refractivity contribution in [3.8, 4) is 0 Å². The number of amides is 1. The van der Waals surface area contributed by atoms with Crippen LogP contribution in [0.4, 0.5) is 13.2 Å². The molecule has 1 amide bonds. The molecule has 8 nitrogen and oxygen atoms in total. The number of carboxylic acids is 1. The maximum atomic E-state index is 13.3. The third-order valence-corrected chi connectivity index (χ3v) is 7.32. The van der Waals surface area contributed by atoms with E-state index in [0.717, 1.165) is 20.5 Å². The largest absolute Gasteiger partial charge is 0.481 e. The zero-order chi connectivity index (χ0) is 25.4. The number of piperidine rings is 1. The molecule has 3 rings (SSSR count). The summed E-state index contributed by atoms with van der Waals surface area (Å²) in [4.78, 5) is 52.2. The van der Waals surface area contributed by atoms with Crippen molar-refractivity contribution < 1.29 is 27.9 Å². The maximum absolute atomic E-state index is 13.3. The molecule has 1 fully saturated rings. The van der Waals surface area contributed by atoms with Crippen LogP contribution in [0, 0.1) is 18.8 Å². The van der Waals surface area contributed by atoms with E-state index in [-0.39, 0.29) is 45.8 Å². The number of aromatic nitrogens is 2. The van der Waals surface area contributed by atoms with Gasteiger partial charge in [0.2, 0.25) is 0 Å². The Hall–Kier alpha value is -2.63. The van der Waals surface area contributed by atoms with Crippen LogP contribution in [0.25, 0.3) is 10.2 Å². The van der Waals surface area contributed by atoms with E-state index in [9.17, 15) is 32.3 Å². The van der Waals surface area contributed by atoms with Crippen LogP contribution in [0.5, 0.6) is 0 Å². The maximum Gasteiger partial charge on any atom is 0.390 e. The second-order valence-corrected chi connectivity index (χ2v) is 10.2. The number of fused-ring (bicyclic) bond motifs is 1. The van der Waals surface area contributed by atoms with Crippen molar-refractivity contribution in [2.75, 3.05) is 13.1 Å². The number of alkyl halides is 3. The summed E-state index contributed by atoms with van der Waals surface area (Å²) in [5.74, 6) is -1.37. The molecule has 0 unspecified atom stereocenters. The quantitative estimate of drug-likeness (QED) is 0.624. The molecule has 2 aromatic rings. The summed E-state index contributed by atoms with van der Waals surface area (Å²) in [6.45, 7) is 5.26. The topological polar surface area (TPSA) is 102 Å². The Bertz CT molecular complexity index is 1200. The molecule has 12 heteroatoms. The highest BCUT2D eigenvalue weighted by molar-refractivity contribution is 7.20. The molecule has 1 aliphatic rings. The Morgan fingerprint density at radius 3 is 2.29 bits per heavy atom. The Kier molecular flexibility index (Phi) is 7.59. The molecule has 3 heterocycles. The SMILES string of the molecule is Cc1c(C(=O)N2CCC(CC(=O)O)CC2)sc2c1c(=O)n(CC(C)C)c(=O)n2CCC(F)(F)F. The number of aryl methyl sites for hydroxylation is 2. The second-order valence-electron chi connectivity index (χ2n) is 9.18. The highest BCUT2D eigenvalue weighted by Crippen LogP contribution is 2.31. The highest BCUT2D eigenvalue weighted by atomic mass is 32.1. The molecule has 34 heavy (non-hydrogen) atoms. The molecule has 1 aliphatic heterocycles. The molecule has 0 saturated carbocycles. The lowest BCUT2D eigenvalue weighted by molar-refractivity contribution is -0.138. The third kappa shape index (κ3) is 5.53. The minimum atomic E-state index is -4.49. The van der Waals surface area contributed by atoms with Crippen molar-refractivity contribution in [2.45, 2.75) is 65.7 Å². The van der Waals surface area contributed by atoms with Crippen LogP contribution in [-0.2, 0) is 17.9 Å². The summed E-state index contributed by atoms with van der Waals surface area (Å²) in [6, 6.07) is 0. The first-order chi connectivity index (χ1) is 15.8. The number of thiophene rings is 1. The zero-order valence-corrected chi connectivity index (χ0v) is 20.1. The summed E-state index contributed by atoms with van der Waals surface area (Å²) in [6.07, 6.45) is -4.64. The van der Waals surface area contributed by atoms with Gasteiger partial charge in [-0.3, -0.25) is 23.5 Å². The summed E-state index contributed by atoms with van der Waals surface area (Å²) in [5.41, 5.74) is -1.07. The number of rotatable bonds is 7. The van der Waals surface area contributed by atoms with E-state index >= 15 is 0 Å². The van der Waals surface area contributed by atoms with Gasteiger partial charge in [0.15, 0.2) is 0 Å². The third-order valence-electron chi connectivity index (χ3n) is 6.02. The van der Waals surface area contributed by atoms with Crippen LogP contribution < -0.4 is 11.2 Å². The predicted molar refractivity (Wildman–Crippen MR) is 121 cm³/mol. The monoisotopic (exact) mass is 503 g/mol. The Morgan fingerprint density at radius 1 is 1.15 bits per heavy atom. The normalized spacial score (nSPS) is 15.4. The van der Waals surface area contributed by atoms with Crippen LogP contribution in [0.1, 0.15) is 54.8 Å². The molecule has 0 spiro atoms. The molecule has 0 aliphatic carbocycles. The van der Waals surface area contributed by atoms with Crippen molar-refractivity contribution in [3.05, 3.63) is 31.3 Å². The second kappa shape index (κ2) is 9.93. The summed E-state index contributed by atoms with van der Waals surface area (Å²) >= 11 is 0.867. The number of hydrogen-bond acceptors (Lipinski definition) is 5. The lowest BCUT2D eigenvalue weighted by Gasteiger charge is -2.31. The lowest BCUT2D eigenvalue weighted by Crippen LogP contribution is -2.41. The van der Waals surface area contributed by atoms with Crippen molar-refractivity contribution in [1.82, 2.24) is 14.0 Å². The van der Waals surface area contributed by atoms with Crippen molar-refractivity contribution >= 4 is 33.4 Å². The first kappa shape index (κ1) is 26.0. The van der Waals surface area contributed by atoms with Gasteiger partial charge in [0.1, 0.15) is 4.83 Å². The zero-order valence-electron chi connectivity index (χ0n) is 19.3. The van der Waals surface area contributed by atoms with Crippen molar-refractivity contribution in [3.63, 3.8) is 0 Å². The predicted octanol–water partition coefficient (Wildman–Crippen LogP) is 3.47. The van der Waals surface area contributed by atoms with E-state index in [1.54, 1.807) is 25.7 Å². The van der Waals surface area contributed by atoms with E-state index in [2.05, 4.69) is 0 Å². The standard InChI is InChI=1S/C22H28F3N3O5S/c1-12(2)11-28-18(31)16-13(3)17(19(32)26-7-4-14(5-8-26)10-15(29)30)34-20(16)27(21(28)33)9-6-22(23,24)25/h12,14H,4-11H2,1-3H3,(H,29,30). The molecule has 1 N–H and O–H groups in total. The van der Waals surface area contributed by atoms with Gasteiger partial charge in [-0.2, -0.15) is 13.2 Å². The van der Waals surface area contributed by atoms with E-state index in [1.807, 2.05) is 0 Å². The number of carboxylic acid groups (broad SMARTS) is 1. The number of nitrogens with zero attached hydrogens (tertiary/aromatic N) is 3. The molecule has 0 bridgehead atoms. The van der Waals surface area contributed by atoms with Crippen LogP contribution in [0.3, 0.4) is 0 Å². The van der Waals surface area contributed by atoms with Gasteiger partial charge in [-0.1, -0.05) is 13.8 Å². The summed E-state index contributed by atoms with van der Waals surface area (Å²) in [7, 11) is 0. The first-order valence-corrected chi connectivity index (χ1v) is 12.0. The fourth-order valence-electron chi connectivity index (χ4n) is 4.29. The van der Waals surface area contributed by atoms with Crippen LogP contribution >= 0.6 is 11.3 Å². The molecular formula is C22H28F3N3O5S. The average molecular weight is 504 g/mol. The van der Waals surface area contributed by atoms with Gasteiger partial charge in [-0.15, -0.1) is 11.3 Å². The minimum Gasteiger partial charge on any atom is -0.481 e. The molecular weight excluding hydrogens is 475 g/mol. The number of likely N-dealkylation sites (tertiary alicyclic amines) is 1. The smallest absolute Gasteiger partial charge is 0.390 e. The Balaban J connectivity index is 2.04. The van der Waals surface area contributed by atoms with E-state index in [0.29, 0.717) is 31.5 Å². The van der Waals surface area contributed by atoms with Crippen molar-refractivity contribution in [2.24, 2.45) is 11.8 Å². The number of hydrogen-bond donors (Lipinski definition) is 1. The van der Waals surface area contributed by atoms with Crippen molar-refractivity contribution in [1.29, 1.82) is 0 Å². The number of carbonyl (C=O) groups excluding carboxylic acids is 1. The van der Waals surface area contributed by atoms with Crippen LogP contribution in [0.15, 0.2) is 9.59 Å². The van der Waals surface area contributed by atoms with Gasteiger partial charge in [-0.25, -0.2) is 4.79 Å². The first-order valence-electron chi connectivity index (χ1n) is 11.1. The minimum absolute atomic E-state index is 0.0270. The molecule has 0 radical (unpaired) electrons. The van der Waals surface area contributed by atoms with Crippen LogP contribution in [-0.4, -0.2) is 50.3 Å². The molecule has 1 saturated heterocycles. The van der Waals surface area contributed by atoms with Gasteiger partial charge in [0.25, 0.3) is 11.5 Å². The van der Waals surface area contributed by atoms with Gasteiger partial charge in [0.05, 0.1) is 16.7 Å². The number of aliphatic carboxylic acids is 1.